The fourth-order valence-corrected chi connectivity index (χ4v) is 3.80. The largest absolute Gasteiger partial charge is 0.376 e. The molecule has 0 fully saturated rings. The van der Waals surface area contributed by atoms with E-state index >= 15 is 0 Å². The van der Waals surface area contributed by atoms with Gasteiger partial charge < -0.3 is 5.32 Å². The Morgan fingerprint density at radius 2 is 1.68 bits per heavy atom. The van der Waals surface area contributed by atoms with Crippen molar-refractivity contribution in [3.8, 4) is 6.07 Å². The van der Waals surface area contributed by atoms with Gasteiger partial charge in [0.05, 0.1) is 23.3 Å². The number of rotatable bonds is 2. The van der Waals surface area contributed by atoms with Gasteiger partial charge in [-0.15, -0.1) is 0 Å². The minimum Gasteiger partial charge on any atom is -0.376 e. The molecule has 1 aliphatic heterocycles. The molecule has 2 atom stereocenters. The summed E-state index contributed by atoms with van der Waals surface area (Å²) in [5, 5.41) is 13.9. The average molecular weight is 367 g/mol. The van der Waals surface area contributed by atoms with E-state index in [1.54, 1.807) is 24.5 Å². The molecule has 0 saturated carbocycles. The molecule has 2 unspecified atom stereocenters. The van der Waals surface area contributed by atoms with Crippen molar-refractivity contribution in [2.24, 2.45) is 0 Å². The fraction of sp³-hybridized carbons (Fsp3) is 0.105. The van der Waals surface area contributed by atoms with E-state index in [0.29, 0.717) is 15.7 Å². The maximum Gasteiger partial charge on any atom is 0.140 e. The monoisotopic (exact) mass is 366 g/mol. The molecule has 25 heavy (non-hydrogen) atoms. The van der Waals surface area contributed by atoms with E-state index in [2.05, 4.69) is 21.4 Å². The topological polar surface area (TPSA) is 61.6 Å². The number of hydrogen-bond donors (Lipinski definition) is 1. The quantitative estimate of drug-likeness (QED) is 0.696. The third-order valence-corrected chi connectivity index (χ3v) is 4.72. The first kappa shape index (κ1) is 15.9. The first-order valence-electron chi connectivity index (χ1n) is 7.69. The van der Waals surface area contributed by atoms with Crippen molar-refractivity contribution in [1.82, 2.24) is 9.97 Å². The van der Waals surface area contributed by atoms with E-state index in [0.717, 1.165) is 22.5 Å². The second-order valence-electron chi connectivity index (χ2n) is 5.82. The standard InChI is InChI=1S/C19H12Cl2N4/c20-13-7-12(8-14(21)9-13)17-18(11-3-5-23-6-4-11)25-16-2-1-15(10-22)24-19(16)17/h1-9,17-18,25H. The van der Waals surface area contributed by atoms with Crippen LogP contribution in [0.25, 0.3) is 0 Å². The molecule has 3 heterocycles. The molecule has 0 radical (unpaired) electrons. The number of pyridine rings is 2. The zero-order valence-electron chi connectivity index (χ0n) is 12.9. The van der Waals surface area contributed by atoms with Crippen LogP contribution in [0.1, 0.15) is 34.5 Å². The third kappa shape index (κ3) is 2.93. The first-order chi connectivity index (χ1) is 12.2. The molecule has 1 aromatic carbocycles. The van der Waals surface area contributed by atoms with Crippen LogP contribution in [0.5, 0.6) is 0 Å². The lowest BCUT2D eigenvalue weighted by Crippen LogP contribution is -2.13. The first-order valence-corrected chi connectivity index (χ1v) is 8.45. The number of nitrogens with one attached hydrogen (secondary N) is 1. The van der Waals surface area contributed by atoms with Gasteiger partial charge in [-0.25, -0.2) is 4.98 Å². The Bertz CT molecular complexity index is 962. The van der Waals surface area contributed by atoms with Gasteiger partial charge in [0, 0.05) is 22.4 Å². The van der Waals surface area contributed by atoms with E-state index in [9.17, 15) is 5.26 Å². The van der Waals surface area contributed by atoms with Crippen molar-refractivity contribution in [2.75, 3.05) is 5.32 Å². The normalized spacial score (nSPS) is 18.3. The highest BCUT2D eigenvalue weighted by molar-refractivity contribution is 6.34. The van der Waals surface area contributed by atoms with Crippen LogP contribution in [0.4, 0.5) is 5.69 Å². The van der Waals surface area contributed by atoms with Crippen LogP contribution in [0, 0.1) is 11.3 Å². The number of hydrogen-bond acceptors (Lipinski definition) is 4. The highest BCUT2D eigenvalue weighted by Crippen LogP contribution is 2.47. The Balaban J connectivity index is 1.90. The van der Waals surface area contributed by atoms with Crippen molar-refractivity contribution in [2.45, 2.75) is 12.0 Å². The van der Waals surface area contributed by atoms with Crippen LogP contribution in [0.2, 0.25) is 10.0 Å². The highest BCUT2D eigenvalue weighted by atomic mass is 35.5. The minimum atomic E-state index is -0.109. The van der Waals surface area contributed by atoms with Gasteiger partial charge in [0.1, 0.15) is 11.8 Å². The molecule has 4 nitrogen and oxygen atoms in total. The number of anilines is 1. The molecule has 2 aromatic heterocycles. The molecule has 1 aliphatic rings. The van der Waals surface area contributed by atoms with Crippen LogP contribution in [0.15, 0.2) is 54.9 Å². The zero-order chi connectivity index (χ0) is 17.4. The van der Waals surface area contributed by atoms with Gasteiger partial charge >= 0.3 is 0 Å². The van der Waals surface area contributed by atoms with Gasteiger partial charge in [0.2, 0.25) is 0 Å². The van der Waals surface area contributed by atoms with Gasteiger partial charge in [-0.3, -0.25) is 4.98 Å². The van der Waals surface area contributed by atoms with Crippen molar-refractivity contribution in [3.05, 3.63) is 87.4 Å². The fourth-order valence-electron chi connectivity index (χ4n) is 3.26. The van der Waals surface area contributed by atoms with Crippen LogP contribution in [-0.4, -0.2) is 9.97 Å². The highest BCUT2D eigenvalue weighted by Gasteiger charge is 2.36. The Labute approximate surface area is 155 Å². The number of halogens is 2. The van der Waals surface area contributed by atoms with Crippen molar-refractivity contribution < 1.29 is 0 Å². The number of fused-ring (bicyclic) bond motifs is 1. The molecule has 122 valence electrons. The lowest BCUT2D eigenvalue weighted by Gasteiger charge is -2.21. The number of nitriles is 1. The molecule has 0 saturated heterocycles. The predicted molar refractivity (Wildman–Crippen MR) is 97.9 cm³/mol. The maximum atomic E-state index is 9.21. The summed E-state index contributed by atoms with van der Waals surface area (Å²) >= 11 is 12.4. The average Bonchev–Trinajstić information content (AvgIpc) is 3.00. The van der Waals surface area contributed by atoms with Crippen LogP contribution >= 0.6 is 23.2 Å². The Morgan fingerprint density at radius 3 is 2.36 bits per heavy atom. The Hall–Kier alpha value is -2.61. The number of aromatic nitrogens is 2. The summed E-state index contributed by atoms with van der Waals surface area (Å²) in [5.74, 6) is -0.109. The van der Waals surface area contributed by atoms with E-state index in [1.807, 2.05) is 30.3 Å². The minimum absolute atomic E-state index is 0.0472. The van der Waals surface area contributed by atoms with Crippen LogP contribution in [0.3, 0.4) is 0 Å². The zero-order valence-corrected chi connectivity index (χ0v) is 14.5. The van der Waals surface area contributed by atoms with Gasteiger partial charge in [-0.1, -0.05) is 23.2 Å². The van der Waals surface area contributed by atoms with Crippen molar-refractivity contribution in [3.63, 3.8) is 0 Å². The summed E-state index contributed by atoms with van der Waals surface area (Å²) < 4.78 is 0. The summed E-state index contributed by atoms with van der Waals surface area (Å²) in [6.45, 7) is 0. The van der Waals surface area contributed by atoms with E-state index in [-0.39, 0.29) is 12.0 Å². The van der Waals surface area contributed by atoms with Gasteiger partial charge in [0.15, 0.2) is 0 Å². The lowest BCUT2D eigenvalue weighted by molar-refractivity contribution is 0.697. The molecular formula is C19H12Cl2N4. The molecule has 0 amide bonds. The molecule has 0 bridgehead atoms. The predicted octanol–water partition coefficient (Wildman–Crippen LogP) is 4.95. The van der Waals surface area contributed by atoms with E-state index in [1.165, 1.54) is 0 Å². The second kappa shape index (κ2) is 6.36. The molecule has 0 aliphatic carbocycles. The maximum absolute atomic E-state index is 9.21. The van der Waals surface area contributed by atoms with E-state index < -0.39 is 0 Å². The van der Waals surface area contributed by atoms with Gasteiger partial charge in [-0.2, -0.15) is 5.26 Å². The summed E-state index contributed by atoms with van der Waals surface area (Å²) in [4.78, 5) is 8.63. The summed E-state index contributed by atoms with van der Waals surface area (Å²) in [5.41, 5.74) is 4.14. The molecular weight excluding hydrogens is 355 g/mol. The third-order valence-electron chi connectivity index (χ3n) is 4.29. The van der Waals surface area contributed by atoms with Crippen molar-refractivity contribution in [1.29, 1.82) is 5.26 Å². The van der Waals surface area contributed by atoms with Gasteiger partial charge in [0.25, 0.3) is 0 Å². The molecule has 4 rings (SSSR count). The number of benzene rings is 1. The van der Waals surface area contributed by atoms with Crippen LogP contribution in [-0.2, 0) is 0 Å². The molecule has 3 aromatic rings. The van der Waals surface area contributed by atoms with Gasteiger partial charge in [-0.05, 0) is 53.6 Å². The van der Waals surface area contributed by atoms with Crippen molar-refractivity contribution >= 4 is 28.9 Å². The Kier molecular flexibility index (Phi) is 4.04. The molecule has 0 spiro atoms. The lowest BCUT2D eigenvalue weighted by atomic mass is 9.87. The van der Waals surface area contributed by atoms with Crippen LogP contribution < -0.4 is 5.32 Å². The van der Waals surface area contributed by atoms with E-state index in [4.69, 9.17) is 23.2 Å². The summed E-state index contributed by atoms with van der Waals surface area (Å²) in [6, 6.07) is 15.1. The molecule has 1 N–H and O–H groups in total. The summed E-state index contributed by atoms with van der Waals surface area (Å²) in [6.07, 6.45) is 3.52. The molecule has 6 heteroatoms. The second-order valence-corrected chi connectivity index (χ2v) is 6.70. The number of nitrogens with zero attached hydrogens (tertiary/aromatic N) is 3. The smallest absolute Gasteiger partial charge is 0.140 e. The SMILES string of the molecule is N#Cc1ccc2c(n1)C(c1cc(Cl)cc(Cl)c1)C(c1ccncc1)N2. The Morgan fingerprint density at radius 1 is 0.960 bits per heavy atom. The summed E-state index contributed by atoms with van der Waals surface area (Å²) in [7, 11) is 0.